The number of imidazole rings is 1. The Morgan fingerprint density at radius 2 is 2.00 bits per heavy atom. The third-order valence-electron chi connectivity index (χ3n) is 4.41. The van der Waals surface area contributed by atoms with Crippen molar-refractivity contribution in [3.05, 3.63) is 71.3 Å². The zero-order chi connectivity index (χ0) is 18.1. The number of hydrogen-bond acceptors (Lipinski definition) is 3. The Bertz CT molecular complexity index is 988. The van der Waals surface area contributed by atoms with Gasteiger partial charge in [-0.1, -0.05) is 35.9 Å². The zero-order valence-electron chi connectivity index (χ0n) is 14.5. The molecule has 2 N–H and O–H groups in total. The predicted molar refractivity (Wildman–Crippen MR) is 98.0 cm³/mol. The first-order valence-corrected chi connectivity index (χ1v) is 8.73. The molecule has 1 aliphatic carbocycles. The van der Waals surface area contributed by atoms with E-state index in [0.717, 1.165) is 24.0 Å². The van der Waals surface area contributed by atoms with E-state index < -0.39 is 0 Å². The standard InChI is InChI=1S/C20H20N4O2/c1-13-5-4-6-14(11-13)12-21-20(26)18-23-17(19(25)22-15-8-9-15)16-7-2-3-10-24(16)18/h2-7,10-11,15H,8-9,12H2,1H3,(H,21,26)(H,22,25). The van der Waals surface area contributed by atoms with Gasteiger partial charge in [0.2, 0.25) is 5.82 Å². The van der Waals surface area contributed by atoms with E-state index in [1.807, 2.05) is 43.3 Å². The molecule has 0 unspecified atom stereocenters. The van der Waals surface area contributed by atoms with Crippen molar-refractivity contribution in [2.75, 3.05) is 0 Å². The van der Waals surface area contributed by atoms with Crippen molar-refractivity contribution in [2.24, 2.45) is 0 Å². The Hall–Kier alpha value is -3.15. The monoisotopic (exact) mass is 348 g/mol. The van der Waals surface area contributed by atoms with Gasteiger partial charge in [0.05, 0.1) is 5.52 Å². The Labute approximate surface area is 151 Å². The molecule has 0 bridgehead atoms. The van der Waals surface area contributed by atoms with Gasteiger partial charge in [-0.25, -0.2) is 4.98 Å². The van der Waals surface area contributed by atoms with E-state index in [1.165, 1.54) is 0 Å². The maximum absolute atomic E-state index is 12.7. The lowest BCUT2D eigenvalue weighted by atomic mass is 10.1. The lowest BCUT2D eigenvalue weighted by Gasteiger charge is -2.05. The molecule has 0 aliphatic heterocycles. The maximum atomic E-state index is 12.7. The molecule has 6 heteroatoms. The molecular formula is C20H20N4O2. The normalized spacial score (nSPS) is 13.6. The van der Waals surface area contributed by atoms with Crippen LogP contribution in [0.1, 0.15) is 45.1 Å². The summed E-state index contributed by atoms with van der Waals surface area (Å²) in [6, 6.07) is 13.6. The van der Waals surface area contributed by atoms with E-state index in [9.17, 15) is 9.59 Å². The highest BCUT2D eigenvalue weighted by atomic mass is 16.2. The Morgan fingerprint density at radius 3 is 2.77 bits per heavy atom. The second-order valence-corrected chi connectivity index (χ2v) is 6.66. The molecule has 0 radical (unpaired) electrons. The average molecular weight is 348 g/mol. The highest BCUT2D eigenvalue weighted by molar-refractivity contribution is 6.02. The number of carbonyl (C=O) groups excluding carboxylic acids is 2. The van der Waals surface area contributed by atoms with Gasteiger partial charge in [0, 0.05) is 18.8 Å². The molecule has 1 aromatic carbocycles. The van der Waals surface area contributed by atoms with E-state index in [4.69, 9.17) is 0 Å². The fraction of sp³-hybridized carbons (Fsp3) is 0.250. The van der Waals surface area contributed by atoms with Gasteiger partial charge in [0.15, 0.2) is 5.69 Å². The Kier molecular flexibility index (Phi) is 4.16. The molecule has 2 heterocycles. The summed E-state index contributed by atoms with van der Waals surface area (Å²) < 4.78 is 1.66. The number of nitrogens with zero attached hydrogens (tertiary/aromatic N) is 2. The first kappa shape index (κ1) is 16.3. The smallest absolute Gasteiger partial charge is 0.287 e. The van der Waals surface area contributed by atoms with Crippen LogP contribution < -0.4 is 10.6 Å². The minimum absolute atomic E-state index is 0.217. The number of aryl methyl sites for hydroxylation is 1. The molecule has 4 rings (SSSR count). The van der Waals surface area contributed by atoms with Gasteiger partial charge >= 0.3 is 0 Å². The van der Waals surface area contributed by atoms with Crippen LogP contribution in [0, 0.1) is 6.92 Å². The maximum Gasteiger partial charge on any atom is 0.287 e. The molecule has 0 spiro atoms. The largest absolute Gasteiger partial charge is 0.348 e. The number of hydrogen-bond donors (Lipinski definition) is 2. The van der Waals surface area contributed by atoms with E-state index >= 15 is 0 Å². The van der Waals surface area contributed by atoms with Gasteiger partial charge in [0.1, 0.15) is 0 Å². The summed E-state index contributed by atoms with van der Waals surface area (Å²) in [5.74, 6) is -0.318. The van der Waals surface area contributed by atoms with Crippen LogP contribution in [-0.4, -0.2) is 27.2 Å². The second-order valence-electron chi connectivity index (χ2n) is 6.66. The minimum atomic E-state index is -0.307. The van der Waals surface area contributed by atoms with Crippen LogP contribution in [0.5, 0.6) is 0 Å². The summed E-state index contributed by atoms with van der Waals surface area (Å²) in [6.45, 7) is 2.42. The number of rotatable bonds is 5. The van der Waals surface area contributed by atoms with Gasteiger partial charge in [-0.3, -0.25) is 14.0 Å². The number of fused-ring (bicyclic) bond motifs is 1. The molecule has 2 amide bonds. The summed E-state index contributed by atoms with van der Waals surface area (Å²) in [5.41, 5.74) is 3.08. The van der Waals surface area contributed by atoms with E-state index in [1.54, 1.807) is 16.7 Å². The van der Waals surface area contributed by atoms with E-state index in [-0.39, 0.29) is 23.7 Å². The van der Waals surface area contributed by atoms with Crippen molar-refractivity contribution < 1.29 is 9.59 Å². The number of carbonyl (C=O) groups is 2. The van der Waals surface area contributed by atoms with E-state index in [2.05, 4.69) is 15.6 Å². The minimum Gasteiger partial charge on any atom is -0.348 e. The van der Waals surface area contributed by atoms with Crippen molar-refractivity contribution in [1.82, 2.24) is 20.0 Å². The summed E-state index contributed by atoms with van der Waals surface area (Å²) in [7, 11) is 0. The molecule has 0 atom stereocenters. The molecular weight excluding hydrogens is 328 g/mol. The van der Waals surface area contributed by atoms with Crippen LogP contribution in [0.15, 0.2) is 48.7 Å². The summed E-state index contributed by atoms with van der Waals surface area (Å²) >= 11 is 0. The van der Waals surface area contributed by atoms with E-state index in [0.29, 0.717) is 17.8 Å². The molecule has 1 aliphatic rings. The lowest BCUT2D eigenvalue weighted by Crippen LogP contribution is -2.27. The zero-order valence-corrected chi connectivity index (χ0v) is 14.5. The molecule has 2 aromatic heterocycles. The molecule has 132 valence electrons. The fourth-order valence-electron chi connectivity index (χ4n) is 2.93. The van der Waals surface area contributed by atoms with Crippen LogP contribution in [0.4, 0.5) is 0 Å². The van der Waals surface area contributed by atoms with Crippen LogP contribution in [0.2, 0.25) is 0 Å². The summed E-state index contributed by atoms with van der Waals surface area (Å²) in [5, 5.41) is 5.82. The highest BCUT2D eigenvalue weighted by Crippen LogP contribution is 2.20. The number of amides is 2. The topological polar surface area (TPSA) is 75.5 Å². The van der Waals surface area contributed by atoms with Crippen molar-refractivity contribution in [1.29, 1.82) is 0 Å². The van der Waals surface area contributed by atoms with Gasteiger partial charge in [-0.05, 0) is 37.5 Å². The lowest BCUT2D eigenvalue weighted by molar-refractivity contribution is 0.0939. The van der Waals surface area contributed by atoms with Crippen LogP contribution in [0.25, 0.3) is 5.52 Å². The summed E-state index contributed by atoms with van der Waals surface area (Å²) in [4.78, 5) is 29.4. The van der Waals surface area contributed by atoms with Crippen LogP contribution >= 0.6 is 0 Å². The van der Waals surface area contributed by atoms with Gasteiger partial charge < -0.3 is 10.6 Å². The van der Waals surface area contributed by atoms with Crippen molar-refractivity contribution in [3.8, 4) is 0 Å². The number of nitrogens with one attached hydrogen (secondary N) is 2. The van der Waals surface area contributed by atoms with Gasteiger partial charge in [-0.2, -0.15) is 0 Å². The molecule has 0 saturated heterocycles. The van der Waals surface area contributed by atoms with Crippen molar-refractivity contribution in [2.45, 2.75) is 32.4 Å². The quantitative estimate of drug-likeness (QED) is 0.744. The third-order valence-corrected chi connectivity index (χ3v) is 4.41. The van der Waals surface area contributed by atoms with Crippen LogP contribution in [0.3, 0.4) is 0 Å². The van der Waals surface area contributed by atoms with Crippen molar-refractivity contribution >= 4 is 17.3 Å². The third kappa shape index (κ3) is 3.31. The molecule has 1 saturated carbocycles. The van der Waals surface area contributed by atoms with Crippen LogP contribution in [-0.2, 0) is 6.54 Å². The number of benzene rings is 1. The van der Waals surface area contributed by atoms with Gasteiger partial charge in [-0.15, -0.1) is 0 Å². The average Bonchev–Trinajstić information content (AvgIpc) is 3.36. The first-order chi connectivity index (χ1) is 12.6. The van der Waals surface area contributed by atoms with Crippen molar-refractivity contribution in [3.63, 3.8) is 0 Å². The molecule has 26 heavy (non-hydrogen) atoms. The molecule has 1 fully saturated rings. The Balaban J connectivity index is 1.58. The van der Waals surface area contributed by atoms with Gasteiger partial charge in [0.25, 0.3) is 11.8 Å². The predicted octanol–water partition coefficient (Wildman–Crippen LogP) is 2.46. The summed E-state index contributed by atoms with van der Waals surface area (Å²) in [6.07, 6.45) is 3.75. The Morgan fingerprint density at radius 1 is 1.15 bits per heavy atom. The number of pyridine rings is 1. The molecule has 6 nitrogen and oxygen atoms in total. The highest BCUT2D eigenvalue weighted by Gasteiger charge is 2.27. The fourth-order valence-corrected chi connectivity index (χ4v) is 2.93. The SMILES string of the molecule is Cc1cccc(CNC(=O)c2nc(C(=O)NC3CC3)c3ccccn23)c1. The number of aromatic nitrogens is 2. The molecule has 3 aromatic rings. The first-order valence-electron chi connectivity index (χ1n) is 8.73. The second kappa shape index (κ2) is 6.63.